The molecular formula is C9H13N3. The number of nitrogens with two attached hydrogens (primary N) is 1. The molecule has 0 saturated heterocycles. The molecule has 12 heavy (non-hydrogen) atoms. The Balaban J connectivity index is 2.84. The van der Waals surface area contributed by atoms with Crippen molar-refractivity contribution in [3.8, 4) is 0 Å². The zero-order valence-electron chi connectivity index (χ0n) is 7.12. The SMILES string of the molecule is C=CN(N)c1ccc(NC)cc1. The molecule has 0 aliphatic carbocycles. The molecule has 0 aromatic heterocycles. The van der Waals surface area contributed by atoms with Crippen LogP contribution in [0.5, 0.6) is 0 Å². The molecule has 0 radical (unpaired) electrons. The van der Waals surface area contributed by atoms with Crippen LogP contribution in [0.15, 0.2) is 37.0 Å². The lowest BCUT2D eigenvalue weighted by molar-refractivity contribution is 1.08. The highest BCUT2D eigenvalue weighted by molar-refractivity contribution is 5.55. The summed E-state index contributed by atoms with van der Waals surface area (Å²) in [6.07, 6.45) is 1.56. The first kappa shape index (κ1) is 8.62. The highest BCUT2D eigenvalue weighted by atomic mass is 15.4. The second kappa shape index (κ2) is 3.78. The van der Waals surface area contributed by atoms with E-state index in [4.69, 9.17) is 5.84 Å². The van der Waals surface area contributed by atoms with Crippen LogP contribution in [0.25, 0.3) is 0 Å². The van der Waals surface area contributed by atoms with Gasteiger partial charge >= 0.3 is 0 Å². The summed E-state index contributed by atoms with van der Waals surface area (Å²) >= 11 is 0. The molecule has 0 saturated carbocycles. The largest absolute Gasteiger partial charge is 0.388 e. The van der Waals surface area contributed by atoms with Crippen molar-refractivity contribution in [1.29, 1.82) is 0 Å². The molecule has 1 aromatic rings. The Labute approximate surface area is 72.5 Å². The number of hydrogen-bond acceptors (Lipinski definition) is 3. The number of hydrazine groups is 1. The van der Waals surface area contributed by atoms with Crippen molar-refractivity contribution in [2.45, 2.75) is 0 Å². The van der Waals surface area contributed by atoms with Crippen molar-refractivity contribution >= 4 is 11.4 Å². The molecule has 3 heteroatoms. The summed E-state index contributed by atoms with van der Waals surface area (Å²) in [5.41, 5.74) is 1.99. The van der Waals surface area contributed by atoms with Gasteiger partial charge in [-0.15, -0.1) is 0 Å². The molecule has 1 aromatic carbocycles. The second-order valence-corrected chi connectivity index (χ2v) is 2.39. The van der Waals surface area contributed by atoms with Crippen LogP contribution < -0.4 is 16.2 Å². The summed E-state index contributed by atoms with van der Waals surface area (Å²) in [7, 11) is 1.88. The molecule has 0 atom stereocenters. The van der Waals surface area contributed by atoms with Crippen LogP contribution in [0.4, 0.5) is 11.4 Å². The van der Waals surface area contributed by atoms with Crippen LogP contribution >= 0.6 is 0 Å². The van der Waals surface area contributed by atoms with Gasteiger partial charge in [-0.25, -0.2) is 5.84 Å². The number of nitrogens with zero attached hydrogens (tertiary/aromatic N) is 1. The Hall–Kier alpha value is -1.48. The first-order valence-electron chi connectivity index (χ1n) is 3.72. The molecule has 0 unspecified atom stereocenters. The molecule has 0 amide bonds. The average Bonchev–Trinajstić information content (AvgIpc) is 2.17. The van der Waals surface area contributed by atoms with E-state index in [1.54, 1.807) is 6.20 Å². The molecule has 64 valence electrons. The van der Waals surface area contributed by atoms with E-state index >= 15 is 0 Å². The summed E-state index contributed by atoms with van der Waals surface area (Å²) in [6, 6.07) is 7.76. The molecule has 0 aliphatic heterocycles. The van der Waals surface area contributed by atoms with Gasteiger partial charge in [0.15, 0.2) is 0 Å². The standard InChI is InChI=1S/C9H13N3/c1-3-12(10)9-6-4-8(11-2)5-7-9/h3-7,11H,1,10H2,2H3. The van der Waals surface area contributed by atoms with Crippen molar-refractivity contribution in [2.24, 2.45) is 5.84 Å². The van der Waals surface area contributed by atoms with E-state index in [-0.39, 0.29) is 0 Å². The van der Waals surface area contributed by atoms with E-state index in [0.717, 1.165) is 11.4 Å². The van der Waals surface area contributed by atoms with Crippen LogP contribution in [0, 0.1) is 0 Å². The average molecular weight is 163 g/mol. The number of nitrogens with one attached hydrogen (secondary N) is 1. The van der Waals surface area contributed by atoms with Crippen molar-refractivity contribution < 1.29 is 0 Å². The topological polar surface area (TPSA) is 41.3 Å². The van der Waals surface area contributed by atoms with E-state index in [9.17, 15) is 0 Å². The first-order chi connectivity index (χ1) is 5.77. The highest BCUT2D eigenvalue weighted by Crippen LogP contribution is 2.14. The third kappa shape index (κ3) is 1.77. The van der Waals surface area contributed by atoms with Gasteiger partial charge in [0.2, 0.25) is 0 Å². The normalized spacial score (nSPS) is 9.17. The molecule has 0 aliphatic rings. The van der Waals surface area contributed by atoms with Crippen LogP contribution in [0.2, 0.25) is 0 Å². The summed E-state index contributed by atoms with van der Waals surface area (Å²) in [4.78, 5) is 0. The lowest BCUT2D eigenvalue weighted by Crippen LogP contribution is -2.23. The van der Waals surface area contributed by atoms with Gasteiger partial charge in [0, 0.05) is 18.9 Å². The van der Waals surface area contributed by atoms with Crippen molar-refractivity contribution in [3.63, 3.8) is 0 Å². The van der Waals surface area contributed by atoms with Crippen LogP contribution in [-0.4, -0.2) is 7.05 Å². The minimum absolute atomic E-state index is 0.920. The molecule has 1 rings (SSSR count). The zero-order chi connectivity index (χ0) is 8.97. The van der Waals surface area contributed by atoms with Gasteiger partial charge in [-0.3, -0.25) is 5.01 Å². The third-order valence-corrected chi connectivity index (χ3v) is 1.65. The number of rotatable bonds is 3. The summed E-state index contributed by atoms with van der Waals surface area (Å²) in [5.74, 6) is 5.58. The first-order valence-corrected chi connectivity index (χ1v) is 3.72. The fraction of sp³-hybridized carbons (Fsp3) is 0.111. The van der Waals surface area contributed by atoms with Crippen LogP contribution in [-0.2, 0) is 0 Å². The summed E-state index contributed by atoms with van der Waals surface area (Å²) in [5, 5.41) is 4.50. The van der Waals surface area contributed by atoms with Gasteiger partial charge in [-0.1, -0.05) is 6.58 Å². The molecule has 0 heterocycles. The fourth-order valence-corrected chi connectivity index (χ4v) is 0.906. The van der Waals surface area contributed by atoms with Crippen molar-refractivity contribution in [2.75, 3.05) is 17.4 Å². The van der Waals surface area contributed by atoms with Crippen molar-refractivity contribution in [1.82, 2.24) is 0 Å². The molecule has 3 N–H and O–H groups in total. The Morgan fingerprint density at radius 1 is 1.42 bits per heavy atom. The van der Waals surface area contributed by atoms with E-state index in [1.165, 1.54) is 5.01 Å². The monoisotopic (exact) mass is 163 g/mol. The summed E-state index contributed by atoms with van der Waals surface area (Å²) in [6.45, 7) is 3.56. The van der Waals surface area contributed by atoms with E-state index in [2.05, 4.69) is 11.9 Å². The zero-order valence-corrected chi connectivity index (χ0v) is 7.12. The Morgan fingerprint density at radius 3 is 2.42 bits per heavy atom. The predicted octanol–water partition coefficient (Wildman–Crippen LogP) is 1.55. The van der Waals surface area contributed by atoms with Gasteiger partial charge in [-0.05, 0) is 24.3 Å². The highest BCUT2D eigenvalue weighted by Gasteiger charge is 1.94. The molecular weight excluding hydrogens is 150 g/mol. The predicted molar refractivity (Wildman–Crippen MR) is 52.9 cm³/mol. The summed E-state index contributed by atoms with van der Waals surface area (Å²) < 4.78 is 0. The Kier molecular flexibility index (Phi) is 2.71. The van der Waals surface area contributed by atoms with Gasteiger partial charge < -0.3 is 5.32 Å². The van der Waals surface area contributed by atoms with Crippen LogP contribution in [0.1, 0.15) is 0 Å². The van der Waals surface area contributed by atoms with E-state index in [1.807, 2.05) is 31.3 Å². The van der Waals surface area contributed by atoms with Gasteiger partial charge in [0.1, 0.15) is 0 Å². The smallest absolute Gasteiger partial charge is 0.0569 e. The van der Waals surface area contributed by atoms with E-state index in [0.29, 0.717) is 0 Å². The van der Waals surface area contributed by atoms with E-state index < -0.39 is 0 Å². The maximum absolute atomic E-state index is 5.58. The van der Waals surface area contributed by atoms with Gasteiger partial charge in [0.05, 0.1) is 5.69 Å². The van der Waals surface area contributed by atoms with Crippen molar-refractivity contribution in [3.05, 3.63) is 37.0 Å². The number of hydrogen-bond donors (Lipinski definition) is 2. The van der Waals surface area contributed by atoms with Gasteiger partial charge in [-0.2, -0.15) is 0 Å². The minimum atomic E-state index is 0.920. The van der Waals surface area contributed by atoms with Gasteiger partial charge in [0.25, 0.3) is 0 Å². The lowest BCUT2D eigenvalue weighted by Gasteiger charge is -2.12. The lowest BCUT2D eigenvalue weighted by atomic mass is 10.3. The second-order valence-electron chi connectivity index (χ2n) is 2.39. The quantitative estimate of drug-likeness (QED) is 0.524. The fourth-order valence-electron chi connectivity index (χ4n) is 0.906. The maximum atomic E-state index is 5.58. The molecule has 0 fully saturated rings. The molecule has 3 nitrogen and oxygen atoms in total. The number of benzene rings is 1. The Bertz CT molecular complexity index is 253. The molecule has 0 bridgehead atoms. The third-order valence-electron chi connectivity index (χ3n) is 1.65. The molecule has 0 spiro atoms. The van der Waals surface area contributed by atoms with Crippen LogP contribution in [0.3, 0.4) is 0 Å². The number of anilines is 2. The minimum Gasteiger partial charge on any atom is -0.388 e. The maximum Gasteiger partial charge on any atom is 0.0569 e. The Morgan fingerprint density at radius 2 is 2.00 bits per heavy atom.